The number of aryl methyl sites for hydroxylation is 1. The van der Waals surface area contributed by atoms with Gasteiger partial charge >= 0.3 is 0 Å². The van der Waals surface area contributed by atoms with Gasteiger partial charge in [0.2, 0.25) is 0 Å². The number of hydrogen-bond acceptors (Lipinski definition) is 3. The minimum absolute atomic E-state index is 0.357. The molecule has 0 radical (unpaired) electrons. The molecule has 184 valence electrons. The van der Waals surface area contributed by atoms with E-state index in [-0.39, 0.29) is 0 Å². The summed E-state index contributed by atoms with van der Waals surface area (Å²) in [5.41, 5.74) is 5.54. The highest BCUT2D eigenvalue weighted by atomic mass is 16.5. The van der Waals surface area contributed by atoms with Gasteiger partial charge in [-0.1, -0.05) is 86.1 Å². The number of nitrogens with one attached hydrogen (secondary N) is 1. The second kappa shape index (κ2) is 11.4. The highest BCUT2D eigenvalue weighted by molar-refractivity contribution is 5.38. The maximum Gasteiger partial charge on any atom is 0.123 e. The van der Waals surface area contributed by atoms with Gasteiger partial charge < -0.3 is 10.1 Å². The first-order chi connectivity index (χ1) is 17.3. The largest absolute Gasteiger partial charge is 0.496 e. The molecule has 0 aliphatic carbocycles. The molecule has 6 rings (SSSR count). The Morgan fingerprint density at radius 2 is 1.57 bits per heavy atom. The third-order valence-corrected chi connectivity index (χ3v) is 8.22. The summed E-state index contributed by atoms with van der Waals surface area (Å²) in [6.45, 7) is 5.53. The zero-order valence-corrected chi connectivity index (χ0v) is 21.3. The summed E-state index contributed by atoms with van der Waals surface area (Å²) in [5.74, 6) is 2.07. The van der Waals surface area contributed by atoms with Crippen molar-refractivity contribution >= 4 is 0 Å². The Bertz CT molecular complexity index is 1020. The highest BCUT2D eigenvalue weighted by Gasteiger charge is 2.46. The molecule has 3 fully saturated rings. The van der Waals surface area contributed by atoms with E-state index in [9.17, 15) is 0 Å². The number of piperidine rings is 3. The lowest BCUT2D eigenvalue weighted by Crippen LogP contribution is -2.64. The van der Waals surface area contributed by atoms with Crippen LogP contribution in [-0.2, 0) is 13.0 Å². The van der Waals surface area contributed by atoms with E-state index in [2.05, 4.69) is 96.0 Å². The van der Waals surface area contributed by atoms with Crippen molar-refractivity contribution in [1.82, 2.24) is 10.2 Å². The van der Waals surface area contributed by atoms with Crippen molar-refractivity contribution in [2.24, 2.45) is 5.92 Å². The van der Waals surface area contributed by atoms with E-state index in [1.807, 2.05) is 0 Å². The van der Waals surface area contributed by atoms with Crippen molar-refractivity contribution in [2.75, 3.05) is 20.2 Å². The molecule has 3 nitrogen and oxygen atoms in total. The van der Waals surface area contributed by atoms with Gasteiger partial charge in [0, 0.05) is 30.1 Å². The number of fused-ring (bicyclic) bond motifs is 3. The molecule has 35 heavy (non-hydrogen) atoms. The van der Waals surface area contributed by atoms with E-state index >= 15 is 0 Å². The Labute approximate surface area is 211 Å². The Balaban J connectivity index is 1.45. The summed E-state index contributed by atoms with van der Waals surface area (Å²) in [5, 5.41) is 4.08. The van der Waals surface area contributed by atoms with E-state index in [1.165, 1.54) is 61.0 Å². The minimum Gasteiger partial charge on any atom is -0.496 e. The van der Waals surface area contributed by atoms with Crippen molar-refractivity contribution in [2.45, 2.75) is 63.6 Å². The van der Waals surface area contributed by atoms with Crippen LogP contribution < -0.4 is 10.1 Å². The molecule has 0 spiro atoms. The summed E-state index contributed by atoms with van der Waals surface area (Å²) >= 11 is 0. The normalized spacial score (nSPS) is 23.5. The maximum absolute atomic E-state index is 5.77. The number of benzene rings is 3. The summed E-state index contributed by atoms with van der Waals surface area (Å²) in [6, 6.07) is 30.0. The average Bonchev–Trinajstić information content (AvgIpc) is 2.93. The van der Waals surface area contributed by atoms with Crippen LogP contribution in [0.25, 0.3) is 0 Å². The topological polar surface area (TPSA) is 24.5 Å². The van der Waals surface area contributed by atoms with Crippen LogP contribution in [0.2, 0.25) is 0 Å². The molecule has 0 unspecified atom stereocenters. The Kier molecular flexibility index (Phi) is 7.85. The van der Waals surface area contributed by atoms with Crippen LogP contribution in [0.4, 0.5) is 0 Å². The minimum atomic E-state index is 0.357. The SMILES string of the molecule is CCCCc1ccc(OC)c(CN[C@H]2C3CCN(CC3)[C@H]2C(c2ccccc2)c2ccccc2)c1. The van der Waals surface area contributed by atoms with Crippen molar-refractivity contribution in [3.63, 3.8) is 0 Å². The molecular formula is C32H40N2O. The van der Waals surface area contributed by atoms with Crippen LogP contribution in [0.5, 0.6) is 5.75 Å². The van der Waals surface area contributed by atoms with E-state index in [4.69, 9.17) is 4.74 Å². The molecule has 3 heterocycles. The van der Waals surface area contributed by atoms with Gasteiger partial charge in [0.25, 0.3) is 0 Å². The number of ether oxygens (including phenoxy) is 1. The van der Waals surface area contributed by atoms with Gasteiger partial charge in [0.05, 0.1) is 7.11 Å². The molecule has 3 saturated heterocycles. The van der Waals surface area contributed by atoms with Crippen LogP contribution in [-0.4, -0.2) is 37.2 Å². The number of methoxy groups -OCH3 is 1. The van der Waals surface area contributed by atoms with E-state index in [1.54, 1.807) is 7.11 Å². The molecule has 0 saturated carbocycles. The Morgan fingerprint density at radius 3 is 2.17 bits per heavy atom. The number of unbranched alkanes of at least 4 members (excludes halogenated alkanes) is 1. The second-order valence-electron chi connectivity index (χ2n) is 10.3. The van der Waals surface area contributed by atoms with E-state index < -0.39 is 0 Å². The van der Waals surface area contributed by atoms with Gasteiger partial charge in [0.15, 0.2) is 0 Å². The van der Waals surface area contributed by atoms with E-state index in [0.717, 1.165) is 18.7 Å². The Morgan fingerprint density at radius 1 is 0.914 bits per heavy atom. The van der Waals surface area contributed by atoms with Crippen molar-refractivity contribution in [3.05, 3.63) is 101 Å². The molecular weight excluding hydrogens is 428 g/mol. The number of hydrogen-bond donors (Lipinski definition) is 1. The predicted molar refractivity (Wildman–Crippen MR) is 145 cm³/mol. The van der Waals surface area contributed by atoms with Gasteiger partial charge in [-0.3, -0.25) is 4.90 Å². The molecule has 0 aromatic heterocycles. The predicted octanol–water partition coefficient (Wildman–Crippen LogP) is 6.42. The van der Waals surface area contributed by atoms with Crippen molar-refractivity contribution in [1.29, 1.82) is 0 Å². The quantitative estimate of drug-likeness (QED) is 0.371. The first-order valence-electron chi connectivity index (χ1n) is 13.5. The smallest absolute Gasteiger partial charge is 0.123 e. The third kappa shape index (κ3) is 5.32. The van der Waals surface area contributed by atoms with Crippen LogP contribution in [0.3, 0.4) is 0 Å². The summed E-state index contributed by atoms with van der Waals surface area (Å²) in [7, 11) is 1.79. The van der Waals surface area contributed by atoms with Crippen LogP contribution in [0.1, 0.15) is 60.8 Å². The molecule has 2 atom stereocenters. The summed E-state index contributed by atoms with van der Waals surface area (Å²) < 4.78 is 5.77. The van der Waals surface area contributed by atoms with Crippen LogP contribution >= 0.6 is 0 Å². The van der Waals surface area contributed by atoms with Crippen LogP contribution in [0.15, 0.2) is 78.9 Å². The summed E-state index contributed by atoms with van der Waals surface area (Å²) in [6.07, 6.45) is 6.17. The molecule has 1 N–H and O–H groups in total. The standard InChI is InChI=1S/C32H40N2O/c1-3-4-11-24-16-17-29(35-2)28(22-24)23-33-31-27-18-20-34(21-19-27)32(31)30(25-12-7-5-8-13-25)26-14-9-6-10-15-26/h5-10,12-17,22,27,30-33H,3-4,11,18-21,23H2,1-2H3/t31-,32-/m0/s1. The average molecular weight is 469 g/mol. The van der Waals surface area contributed by atoms with Gasteiger partial charge in [-0.15, -0.1) is 0 Å². The fourth-order valence-electron chi connectivity index (χ4n) is 6.43. The first-order valence-corrected chi connectivity index (χ1v) is 13.5. The van der Waals surface area contributed by atoms with Crippen LogP contribution in [0, 0.1) is 5.92 Å². The van der Waals surface area contributed by atoms with E-state index in [0.29, 0.717) is 23.9 Å². The third-order valence-electron chi connectivity index (χ3n) is 8.22. The van der Waals surface area contributed by atoms with Gasteiger partial charge in [-0.25, -0.2) is 0 Å². The molecule has 2 bridgehead atoms. The monoisotopic (exact) mass is 468 g/mol. The molecule has 3 aliphatic rings. The van der Waals surface area contributed by atoms with Gasteiger partial charge in [-0.2, -0.15) is 0 Å². The Hall–Kier alpha value is -2.62. The fourth-order valence-corrected chi connectivity index (χ4v) is 6.43. The highest BCUT2D eigenvalue weighted by Crippen LogP contribution is 2.42. The van der Waals surface area contributed by atoms with Gasteiger partial charge in [0.1, 0.15) is 5.75 Å². The lowest BCUT2D eigenvalue weighted by molar-refractivity contribution is 0.00462. The maximum atomic E-state index is 5.77. The molecule has 3 aliphatic heterocycles. The van der Waals surface area contributed by atoms with Gasteiger partial charge in [-0.05, 0) is 67.4 Å². The summed E-state index contributed by atoms with van der Waals surface area (Å²) in [4.78, 5) is 2.76. The van der Waals surface area contributed by atoms with Crippen molar-refractivity contribution < 1.29 is 4.74 Å². The number of nitrogens with zero attached hydrogens (tertiary/aromatic N) is 1. The fraction of sp³-hybridized carbons (Fsp3) is 0.438. The molecule has 3 heteroatoms. The zero-order chi connectivity index (χ0) is 24.0. The zero-order valence-electron chi connectivity index (χ0n) is 21.3. The molecule has 3 aromatic carbocycles. The molecule has 3 aromatic rings. The molecule has 0 amide bonds. The second-order valence-corrected chi connectivity index (χ2v) is 10.3. The lowest BCUT2D eigenvalue weighted by atomic mass is 9.70. The van der Waals surface area contributed by atoms with Crippen molar-refractivity contribution in [3.8, 4) is 5.75 Å². The lowest BCUT2D eigenvalue weighted by Gasteiger charge is -2.54. The first kappa shape index (κ1) is 24.1. The number of rotatable bonds is 10.